The second-order valence-corrected chi connectivity index (χ2v) is 6.23. The third kappa shape index (κ3) is 6.20. The normalized spacial score (nSPS) is 15.6. The van der Waals surface area contributed by atoms with Gasteiger partial charge in [0.25, 0.3) is 0 Å². The van der Waals surface area contributed by atoms with Crippen LogP contribution in [0, 0.1) is 11.8 Å². The maximum Gasteiger partial charge on any atom is 0.335 e. The van der Waals surface area contributed by atoms with Gasteiger partial charge in [-0.3, -0.25) is 0 Å². The van der Waals surface area contributed by atoms with E-state index in [0.717, 1.165) is 24.9 Å². The largest absolute Gasteiger partial charge is 0.381 e. The van der Waals surface area contributed by atoms with Gasteiger partial charge in [-0.2, -0.15) is 5.06 Å². The lowest BCUT2D eigenvalue weighted by atomic mass is 10.0. The van der Waals surface area contributed by atoms with Gasteiger partial charge in [0, 0.05) is 19.8 Å². The first-order chi connectivity index (χ1) is 11.2. The molecule has 23 heavy (non-hydrogen) atoms. The summed E-state index contributed by atoms with van der Waals surface area (Å²) in [5.41, 5.74) is 0.817. The molecule has 0 spiro atoms. The number of para-hydroxylation sites is 1. The molecule has 0 bridgehead atoms. The number of anilines is 1. The van der Waals surface area contributed by atoms with Crippen LogP contribution in [0.2, 0.25) is 0 Å². The molecule has 1 aliphatic rings. The Morgan fingerprint density at radius 1 is 1.26 bits per heavy atom. The van der Waals surface area contributed by atoms with Gasteiger partial charge in [-0.05, 0) is 37.3 Å². The van der Waals surface area contributed by atoms with Crippen LogP contribution >= 0.6 is 0 Å². The Bertz CT molecular complexity index is 457. The van der Waals surface area contributed by atoms with Crippen LogP contribution in [0.1, 0.15) is 33.1 Å². The topological polar surface area (TPSA) is 48.0 Å². The molecule has 0 unspecified atom stereocenters. The molecule has 0 atom stereocenters. The van der Waals surface area contributed by atoms with Gasteiger partial charge in [0.1, 0.15) is 0 Å². The maximum absolute atomic E-state index is 12.3. The molecule has 1 aliphatic heterocycles. The van der Waals surface area contributed by atoms with Gasteiger partial charge in [0.05, 0.1) is 11.6 Å². The molecule has 1 saturated heterocycles. The summed E-state index contributed by atoms with van der Waals surface area (Å²) in [4.78, 5) is 17.9. The number of hydrogen-bond acceptors (Lipinski definition) is 5. The average molecular weight is 321 g/mol. The highest BCUT2D eigenvalue weighted by atomic mass is 16.7. The number of carbonyl (C=O) groups excluding carboxylic acids is 1. The standard InChI is InChI=1S/C18H27NO4/c1-15(2)8-11-22-14-19(17-6-4-3-5-7-17)23-18(20)16-9-12-21-13-10-16/h3-7,15-16H,8-14H2,1-2H3. The van der Waals surface area contributed by atoms with Crippen molar-refractivity contribution in [3.63, 3.8) is 0 Å². The van der Waals surface area contributed by atoms with Crippen molar-refractivity contribution >= 4 is 11.7 Å². The Kier molecular flexibility index (Phi) is 7.36. The second-order valence-electron chi connectivity index (χ2n) is 6.23. The molecule has 5 heteroatoms. The van der Waals surface area contributed by atoms with Crippen molar-refractivity contribution in [2.45, 2.75) is 33.1 Å². The zero-order chi connectivity index (χ0) is 16.5. The summed E-state index contributed by atoms with van der Waals surface area (Å²) in [6.07, 6.45) is 2.42. The number of ether oxygens (including phenoxy) is 2. The van der Waals surface area contributed by atoms with Gasteiger partial charge in [-0.1, -0.05) is 32.0 Å². The minimum atomic E-state index is -0.204. The fourth-order valence-electron chi connectivity index (χ4n) is 2.33. The van der Waals surface area contributed by atoms with Crippen LogP contribution < -0.4 is 5.06 Å². The first kappa shape index (κ1) is 17.8. The third-order valence-electron chi connectivity index (χ3n) is 3.85. The molecular formula is C18H27NO4. The van der Waals surface area contributed by atoms with Crippen LogP contribution in [-0.4, -0.2) is 32.5 Å². The van der Waals surface area contributed by atoms with E-state index in [1.54, 1.807) is 0 Å². The molecular weight excluding hydrogens is 294 g/mol. The highest BCUT2D eigenvalue weighted by Gasteiger charge is 2.25. The van der Waals surface area contributed by atoms with Gasteiger partial charge >= 0.3 is 5.97 Å². The van der Waals surface area contributed by atoms with E-state index < -0.39 is 0 Å². The lowest BCUT2D eigenvalue weighted by Crippen LogP contribution is -2.34. The molecule has 5 nitrogen and oxygen atoms in total. The zero-order valence-electron chi connectivity index (χ0n) is 14.1. The highest BCUT2D eigenvalue weighted by Crippen LogP contribution is 2.20. The molecule has 0 saturated carbocycles. The summed E-state index contributed by atoms with van der Waals surface area (Å²) < 4.78 is 11.0. The predicted molar refractivity (Wildman–Crippen MR) is 88.8 cm³/mol. The highest BCUT2D eigenvalue weighted by molar-refractivity contribution is 5.73. The molecule has 1 aromatic carbocycles. The van der Waals surface area contributed by atoms with E-state index in [9.17, 15) is 4.79 Å². The van der Waals surface area contributed by atoms with Crippen molar-refractivity contribution in [3.8, 4) is 0 Å². The van der Waals surface area contributed by atoms with Crippen molar-refractivity contribution < 1.29 is 19.1 Å². The maximum atomic E-state index is 12.3. The summed E-state index contributed by atoms with van der Waals surface area (Å²) >= 11 is 0. The number of carbonyl (C=O) groups is 1. The van der Waals surface area contributed by atoms with Crippen LogP contribution in [0.15, 0.2) is 30.3 Å². The third-order valence-corrected chi connectivity index (χ3v) is 3.85. The van der Waals surface area contributed by atoms with Crippen molar-refractivity contribution in [3.05, 3.63) is 30.3 Å². The lowest BCUT2D eigenvalue weighted by molar-refractivity contribution is -0.155. The molecule has 1 heterocycles. The molecule has 1 aromatic rings. The van der Waals surface area contributed by atoms with E-state index in [1.807, 2.05) is 30.3 Å². The fourth-order valence-corrected chi connectivity index (χ4v) is 2.33. The monoisotopic (exact) mass is 321 g/mol. The molecule has 0 N–H and O–H groups in total. The van der Waals surface area contributed by atoms with Crippen LogP contribution in [0.5, 0.6) is 0 Å². The van der Waals surface area contributed by atoms with Gasteiger partial charge in [-0.25, -0.2) is 4.79 Å². The van der Waals surface area contributed by atoms with Crippen molar-refractivity contribution in [1.82, 2.24) is 0 Å². The van der Waals surface area contributed by atoms with E-state index in [0.29, 0.717) is 25.7 Å². The molecule has 2 rings (SSSR count). The van der Waals surface area contributed by atoms with Crippen LogP contribution in [0.4, 0.5) is 5.69 Å². The van der Waals surface area contributed by atoms with Crippen LogP contribution in [-0.2, 0) is 19.1 Å². The Hall–Kier alpha value is -1.59. The molecule has 0 radical (unpaired) electrons. The molecule has 0 aromatic heterocycles. The van der Waals surface area contributed by atoms with E-state index >= 15 is 0 Å². The Morgan fingerprint density at radius 3 is 2.61 bits per heavy atom. The molecule has 0 aliphatic carbocycles. The number of rotatable bonds is 8. The number of benzene rings is 1. The first-order valence-corrected chi connectivity index (χ1v) is 8.36. The summed E-state index contributed by atoms with van der Waals surface area (Å²) in [6, 6.07) is 9.57. The summed E-state index contributed by atoms with van der Waals surface area (Å²) in [6.45, 7) is 6.44. The second kappa shape index (κ2) is 9.53. The minimum absolute atomic E-state index is 0.0920. The lowest BCUT2D eigenvalue weighted by Gasteiger charge is -2.27. The van der Waals surface area contributed by atoms with Gasteiger partial charge in [-0.15, -0.1) is 0 Å². The van der Waals surface area contributed by atoms with Crippen LogP contribution in [0.3, 0.4) is 0 Å². The predicted octanol–water partition coefficient (Wildman–Crippen LogP) is 3.40. The van der Waals surface area contributed by atoms with Crippen LogP contribution in [0.25, 0.3) is 0 Å². The first-order valence-electron chi connectivity index (χ1n) is 8.36. The molecule has 0 amide bonds. The van der Waals surface area contributed by atoms with Gasteiger partial charge in [0.15, 0.2) is 6.73 Å². The summed E-state index contributed by atoms with van der Waals surface area (Å²) in [5.74, 6) is 0.292. The van der Waals surface area contributed by atoms with Gasteiger partial charge < -0.3 is 14.3 Å². The van der Waals surface area contributed by atoms with Crippen molar-refractivity contribution in [1.29, 1.82) is 0 Å². The Morgan fingerprint density at radius 2 is 1.96 bits per heavy atom. The molecule has 1 fully saturated rings. The fraction of sp³-hybridized carbons (Fsp3) is 0.611. The minimum Gasteiger partial charge on any atom is -0.381 e. The Labute approximate surface area is 138 Å². The van der Waals surface area contributed by atoms with Crippen molar-refractivity contribution in [2.75, 3.05) is 31.6 Å². The van der Waals surface area contributed by atoms with E-state index in [2.05, 4.69) is 13.8 Å². The zero-order valence-corrected chi connectivity index (χ0v) is 14.1. The number of nitrogens with zero attached hydrogens (tertiary/aromatic N) is 1. The van der Waals surface area contributed by atoms with Gasteiger partial charge in [0.2, 0.25) is 0 Å². The average Bonchev–Trinajstić information content (AvgIpc) is 2.58. The SMILES string of the molecule is CC(C)CCOCN(OC(=O)C1CCOCC1)c1ccccc1. The smallest absolute Gasteiger partial charge is 0.335 e. The molecule has 128 valence electrons. The Balaban J connectivity index is 1.91. The summed E-state index contributed by atoms with van der Waals surface area (Å²) in [7, 11) is 0. The summed E-state index contributed by atoms with van der Waals surface area (Å²) in [5, 5.41) is 1.54. The van der Waals surface area contributed by atoms with E-state index in [1.165, 1.54) is 5.06 Å². The number of hydroxylamine groups is 1. The van der Waals surface area contributed by atoms with E-state index in [-0.39, 0.29) is 18.6 Å². The quantitative estimate of drug-likeness (QED) is 0.417. The van der Waals surface area contributed by atoms with Crippen molar-refractivity contribution in [2.24, 2.45) is 11.8 Å². The number of hydrogen-bond donors (Lipinski definition) is 0. The van der Waals surface area contributed by atoms with E-state index in [4.69, 9.17) is 14.3 Å².